The molecule has 8 heteroatoms. The maximum absolute atomic E-state index is 12.7. The summed E-state index contributed by atoms with van der Waals surface area (Å²) in [6.07, 6.45) is 2.42. The molecule has 3 aromatic rings. The summed E-state index contributed by atoms with van der Waals surface area (Å²) in [4.78, 5) is 14.4. The van der Waals surface area contributed by atoms with Crippen molar-refractivity contribution in [3.63, 3.8) is 0 Å². The molecule has 0 spiro atoms. The maximum Gasteiger partial charge on any atom is 0.308 e. The van der Waals surface area contributed by atoms with E-state index < -0.39 is 11.4 Å². The van der Waals surface area contributed by atoms with Gasteiger partial charge in [0, 0.05) is 30.9 Å². The van der Waals surface area contributed by atoms with Gasteiger partial charge in [0.2, 0.25) is 5.75 Å². The number of ether oxygens (including phenoxy) is 1. The number of aryl methyl sites for hydroxylation is 1. The minimum atomic E-state index is -1.02. The number of hydrogen-bond acceptors (Lipinski definition) is 6. The maximum atomic E-state index is 12.7. The SMILES string of the molecule is O=c1[nH]ncc(N2CCN([S@+]([O-])CCc3ccccc3)CC2)c1OCc1ccccc1. The van der Waals surface area contributed by atoms with Gasteiger partial charge in [0.1, 0.15) is 18.0 Å². The van der Waals surface area contributed by atoms with Crippen LogP contribution in [-0.4, -0.2) is 51.0 Å². The number of anilines is 1. The summed E-state index contributed by atoms with van der Waals surface area (Å²) in [6, 6.07) is 19.9. The van der Waals surface area contributed by atoms with Gasteiger partial charge in [-0.05, 0) is 11.1 Å². The van der Waals surface area contributed by atoms with Gasteiger partial charge in [-0.2, -0.15) is 5.10 Å². The number of piperazine rings is 1. The zero-order chi connectivity index (χ0) is 21.5. The molecular formula is C23H26N4O3S. The van der Waals surface area contributed by atoms with Crippen molar-refractivity contribution in [3.05, 3.63) is 88.3 Å². The summed E-state index contributed by atoms with van der Waals surface area (Å²) in [7, 11) is 0. The zero-order valence-corrected chi connectivity index (χ0v) is 18.1. The molecule has 0 unspecified atom stereocenters. The third kappa shape index (κ3) is 5.66. The molecule has 2 heterocycles. The van der Waals surface area contributed by atoms with Gasteiger partial charge < -0.3 is 14.2 Å². The van der Waals surface area contributed by atoms with E-state index in [4.69, 9.17) is 4.74 Å². The third-order valence-corrected chi connectivity index (χ3v) is 6.79. The van der Waals surface area contributed by atoms with Crippen LogP contribution in [0.25, 0.3) is 0 Å². The summed E-state index contributed by atoms with van der Waals surface area (Å²) >= 11 is -1.02. The van der Waals surface area contributed by atoms with Crippen LogP contribution in [0.1, 0.15) is 11.1 Å². The average Bonchev–Trinajstić information content (AvgIpc) is 2.83. The second kappa shape index (κ2) is 10.5. The highest BCUT2D eigenvalue weighted by Gasteiger charge is 2.27. The van der Waals surface area contributed by atoms with E-state index in [-0.39, 0.29) is 11.3 Å². The molecule has 7 nitrogen and oxygen atoms in total. The molecule has 0 bridgehead atoms. The molecule has 4 rings (SSSR count). The number of nitrogens with zero attached hydrogens (tertiary/aromatic N) is 3. The Labute approximate surface area is 185 Å². The molecule has 1 fully saturated rings. The molecule has 162 valence electrons. The average molecular weight is 439 g/mol. The van der Waals surface area contributed by atoms with Gasteiger partial charge in [0.25, 0.3) is 0 Å². The Morgan fingerprint density at radius 1 is 0.968 bits per heavy atom. The van der Waals surface area contributed by atoms with Crippen LogP contribution < -0.4 is 15.2 Å². The van der Waals surface area contributed by atoms with Gasteiger partial charge in [0.15, 0.2) is 0 Å². The number of rotatable bonds is 8. The topological polar surface area (TPSA) is 84.5 Å². The lowest BCUT2D eigenvalue weighted by Crippen LogP contribution is -2.49. The molecule has 1 atom stereocenters. The monoisotopic (exact) mass is 438 g/mol. The lowest BCUT2D eigenvalue weighted by Gasteiger charge is -2.35. The Kier molecular flexibility index (Phi) is 7.24. The number of aromatic nitrogens is 2. The van der Waals surface area contributed by atoms with Gasteiger partial charge in [0.05, 0.1) is 19.3 Å². The Balaban J connectivity index is 1.35. The van der Waals surface area contributed by atoms with Crippen molar-refractivity contribution in [1.29, 1.82) is 0 Å². The predicted octanol–water partition coefficient (Wildman–Crippen LogP) is 2.38. The molecule has 31 heavy (non-hydrogen) atoms. The fraction of sp³-hybridized carbons (Fsp3) is 0.304. The minimum Gasteiger partial charge on any atom is -0.598 e. The summed E-state index contributed by atoms with van der Waals surface area (Å²) < 4.78 is 20.6. The van der Waals surface area contributed by atoms with Crippen molar-refractivity contribution in [3.8, 4) is 5.75 Å². The first-order valence-electron chi connectivity index (χ1n) is 10.4. The van der Waals surface area contributed by atoms with Gasteiger partial charge in [-0.15, -0.1) is 4.31 Å². The first-order valence-corrected chi connectivity index (χ1v) is 11.6. The molecule has 0 aliphatic carbocycles. The molecule has 0 radical (unpaired) electrons. The van der Waals surface area contributed by atoms with Gasteiger partial charge in [-0.25, -0.2) is 5.10 Å². The second-order valence-corrected chi connectivity index (χ2v) is 8.93. The van der Waals surface area contributed by atoms with Gasteiger partial charge in [-0.1, -0.05) is 60.7 Å². The highest BCUT2D eigenvalue weighted by Crippen LogP contribution is 2.25. The van der Waals surface area contributed by atoms with E-state index in [9.17, 15) is 9.35 Å². The van der Waals surface area contributed by atoms with Crippen molar-refractivity contribution in [2.45, 2.75) is 13.0 Å². The Hall–Kier alpha value is -2.81. The van der Waals surface area contributed by atoms with Crippen LogP contribution in [0.3, 0.4) is 0 Å². The molecule has 1 aromatic heterocycles. The molecule has 2 aromatic carbocycles. The quantitative estimate of drug-likeness (QED) is 0.544. The van der Waals surface area contributed by atoms with Crippen LogP contribution in [0.5, 0.6) is 5.75 Å². The Morgan fingerprint density at radius 2 is 1.61 bits per heavy atom. The normalized spacial score (nSPS) is 15.6. The van der Waals surface area contributed by atoms with E-state index in [1.54, 1.807) is 6.20 Å². The predicted molar refractivity (Wildman–Crippen MR) is 123 cm³/mol. The van der Waals surface area contributed by atoms with E-state index in [0.717, 1.165) is 12.0 Å². The van der Waals surface area contributed by atoms with Gasteiger partial charge >= 0.3 is 5.56 Å². The van der Waals surface area contributed by atoms with Crippen LogP contribution >= 0.6 is 0 Å². The lowest BCUT2D eigenvalue weighted by molar-refractivity contribution is 0.299. The zero-order valence-electron chi connectivity index (χ0n) is 17.3. The van der Waals surface area contributed by atoms with Crippen molar-refractivity contribution in [2.75, 3.05) is 36.8 Å². The Bertz CT molecular complexity index is 1010. The molecule has 1 aliphatic rings. The Morgan fingerprint density at radius 3 is 2.29 bits per heavy atom. The second-order valence-electron chi connectivity index (χ2n) is 7.37. The first kappa shape index (κ1) is 21.4. The van der Waals surface area contributed by atoms with Crippen LogP contribution in [0, 0.1) is 0 Å². The lowest BCUT2D eigenvalue weighted by atomic mass is 10.2. The summed E-state index contributed by atoms with van der Waals surface area (Å²) in [5, 5.41) is 6.42. The fourth-order valence-electron chi connectivity index (χ4n) is 3.58. The molecule has 0 amide bonds. The van der Waals surface area contributed by atoms with E-state index in [2.05, 4.69) is 27.2 Å². The van der Waals surface area contributed by atoms with E-state index >= 15 is 0 Å². The van der Waals surface area contributed by atoms with Crippen LogP contribution in [0.2, 0.25) is 0 Å². The summed E-state index contributed by atoms with van der Waals surface area (Å²) in [5.41, 5.74) is 2.52. The smallest absolute Gasteiger partial charge is 0.308 e. The number of benzene rings is 2. The molecule has 0 saturated carbocycles. The standard InChI is InChI=1S/C23H26N4O3S/c28-23-22(30-18-20-9-5-2-6-10-20)21(17-24-25-23)26-12-14-27(15-13-26)31(29)16-11-19-7-3-1-4-8-19/h1-10,17H,11-16,18H2,(H,25,28)/t31-/m1/s1. The molecular weight excluding hydrogens is 412 g/mol. The van der Waals surface area contributed by atoms with Crippen molar-refractivity contribution >= 4 is 17.0 Å². The van der Waals surface area contributed by atoms with Crippen LogP contribution in [0.15, 0.2) is 71.7 Å². The molecule has 1 aliphatic heterocycles. The molecule has 1 saturated heterocycles. The van der Waals surface area contributed by atoms with Crippen LogP contribution in [-0.2, 0) is 24.4 Å². The van der Waals surface area contributed by atoms with E-state index in [1.165, 1.54) is 5.56 Å². The highest BCUT2D eigenvalue weighted by molar-refractivity contribution is 7.89. The van der Waals surface area contributed by atoms with E-state index in [1.807, 2.05) is 52.8 Å². The first-order chi connectivity index (χ1) is 15.2. The largest absolute Gasteiger partial charge is 0.598 e. The van der Waals surface area contributed by atoms with E-state index in [0.29, 0.717) is 44.2 Å². The highest BCUT2D eigenvalue weighted by atomic mass is 32.2. The molecule has 1 N–H and O–H groups in total. The van der Waals surface area contributed by atoms with Crippen LogP contribution in [0.4, 0.5) is 5.69 Å². The fourth-order valence-corrected chi connectivity index (χ4v) is 4.82. The minimum absolute atomic E-state index is 0.275. The van der Waals surface area contributed by atoms with Crippen molar-refractivity contribution < 1.29 is 9.29 Å². The number of hydrogen-bond donors (Lipinski definition) is 1. The summed E-state index contributed by atoms with van der Waals surface area (Å²) in [6.45, 7) is 2.94. The van der Waals surface area contributed by atoms with Crippen molar-refractivity contribution in [2.24, 2.45) is 0 Å². The number of H-pyrrole nitrogens is 1. The van der Waals surface area contributed by atoms with Gasteiger partial charge in [-0.3, -0.25) is 4.79 Å². The number of aromatic amines is 1. The number of nitrogens with one attached hydrogen (secondary N) is 1. The third-order valence-electron chi connectivity index (χ3n) is 5.29. The summed E-state index contributed by atoms with van der Waals surface area (Å²) in [5.74, 6) is 0.889. The van der Waals surface area contributed by atoms with Crippen molar-refractivity contribution in [1.82, 2.24) is 14.5 Å².